The van der Waals surface area contributed by atoms with Gasteiger partial charge in [-0.05, 0) is 42.1 Å². The molecule has 0 atom stereocenters. The van der Waals surface area contributed by atoms with Crippen molar-refractivity contribution in [3.05, 3.63) is 47.1 Å². The zero-order valence-electron chi connectivity index (χ0n) is 12.3. The molecule has 0 fully saturated rings. The van der Waals surface area contributed by atoms with Crippen LogP contribution in [0.3, 0.4) is 0 Å². The van der Waals surface area contributed by atoms with E-state index < -0.39 is 5.51 Å². The highest BCUT2D eigenvalue weighted by Crippen LogP contribution is 2.40. The summed E-state index contributed by atoms with van der Waals surface area (Å²) in [6, 6.07) is 9.73. The van der Waals surface area contributed by atoms with Gasteiger partial charge in [0, 0.05) is 21.6 Å². The van der Waals surface area contributed by atoms with E-state index in [9.17, 15) is 13.2 Å². The summed E-state index contributed by atoms with van der Waals surface area (Å²) in [5.74, 6) is 0. The first-order chi connectivity index (χ1) is 10.1. The number of benzene rings is 1. The Kier molecular flexibility index (Phi) is 4.78. The Morgan fingerprint density at radius 1 is 1.05 bits per heavy atom. The van der Waals surface area contributed by atoms with Crippen molar-refractivity contribution in [2.45, 2.75) is 36.6 Å². The topological polar surface area (TPSA) is 12.9 Å². The van der Waals surface area contributed by atoms with Crippen LogP contribution in [0.2, 0.25) is 5.02 Å². The molecule has 0 aliphatic carbocycles. The Bertz CT molecular complexity index is 678. The molecule has 0 amide bonds. The lowest BCUT2D eigenvalue weighted by atomic mass is 9.91. The maximum Gasteiger partial charge on any atom is 0.446 e. The molecule has 0 aliphatic heterocycles. The molecule has 0 N–H and O–H groups in total. The van der Waals surface area contributed by atoms with Crippen molar-refractivity contribution >= 4 is 23.4 Å². The van der Waals surface area contributed by atoms with E-state index in [0.29, 0.717) is 16.3 Å². The van der Waals surface area contributed by atoms with Gasteiger partial charge in [0.05, 0.1) is 10.7 Å². The normalized spacial score (nSPS) is 12.5. The molecule has 0 radical (unpaired) electrons. The van der Waals surface area contributed by atoms with Crippen LogP contribution in [-0.4, -0.2) is 10.5 Å². The SMILES string of the molecule is CC(C)(C)c1cccc(-c2cc(SC(F)(F)F)ccc2Cl)n1. The first kappa shape index (κ1) is 17.2. The van der Waals surface area contributed by atoms with Crippen LogP contribution in [0, 0.1) is 0 Å². The summed E-state index contributed by atoms with van der Waals surface area (Å²) in [5.41, 5.74) is -2.55. The number of hydrogen-bond donors (Lipinski definition) is 0. The van der Waals surface area contributed by atoms with Crippen molar-refractivity contribution in [1.29, 1.82) is 0 Å². The third-order valence-corrected chi connectivity index (χ3v) is 4.02. The van der Waals surface area contributed by atoms with Gasteiger partial charge in [-0.3, -0.25) is 4.98 Å². The summed E-state index contributed by atoms with van der Waals surface area (Å²) < 4.78 is 37.5. The molecule has 2 rings (SSSR count). The second kappa shape index (κ2) is 6.13. The van der Waals surface area contributed by atoms with Crippen LogP contribution in [0.1, 0.15) is 26.5 Å². The van der Waals surface area contributed by atoms with Gasteiger partial charge in [0.15, 0.2) is 0 Å². The fraction of sp³-hybridized carbons (Fsp3) is 0.312. The van der Waals surface area contributed by atoms with Crippen LogP contribution in [0.15, 0.2) is 41.3 Å². The second-order valence-corrected chi connectivity index (χ2v) is 7.39. The Labute approximate surface area is 136 Å². The molecule has 0 bridgehead atoms. The fourth-order valence-electron chi connectivity index (χ4n) is 1.90. The van der Waals surface area contributed by atoms with E-state index in [0.717, 1.165) is 5.69 Å². The second-order valence-electron chi connectivity index (χ2n) is 5.85. The van der Waals surface area contributed by atoms with Crippen LogP contribution in [0.5, 0.6) is 0 Å². The van der Waals surface area contributed by atoms with Crippen molar-refractivity contribution in [3.8, 4) is 11.3 Å². The molecular formula is C16H15ClF3NS. The molecule has 1 nitrogen and oxygen atoms in total. The number of hydrogen-bond acceptors (Lipinski definition) is 2. The highest BCUT2D eigenvalue weighted by atomic mass is 35.5. The summed E-state index contributed by atoms with van der Waals surface area (Å²) >= 11 is 5.98. The van der Waals surface area contributed by atoms with Gasteiger partial charge < -0.3 is 0 Å². The van der Waals surface area contributed by atoms with Gasteiger partial charge in [-0.25, -0.2) is 0 Å². The first-order valence-electron chi connectivity index (χ1n) is 6.59. The van der Waals surface area contributed by atoms with Gasteiger partial charge in [-0.2, -0.15) is 13.2 Å². The summed E-state index contributed by atoms with van der Waals surface area (Å²) in [5, 5.41) is 0.380. The molecule has 0 saturated heterocycles. The van der Waals surface area contributed by atoms with E-state index in [1.54, 1.807) is 6.07 Å². The van der Waals surface area contributed by atoms with Crippen LogP contribution < -0.4 is 0 Å². The summed E-state index contributed by atoms with van der Waals surface area (Å²) in [4.78, 5) is 4.63. The lowest BCUT2D eigenvalue weighted by Gasteiger charge is -2.18. The number of thioether (sulfide) groups is 1. The minimum Gasteiger partial charge on any atom is -0.252 e. The van der Waals surface area contributed by atoms with E-state index in [2.05, 4.69) is 4.98 Å². The standard InChI is InChI=1S/C16H15ClF3NS/c1-15(2,3)14-6-4-5-13(21-14)11-9-10(7-8-12(11)17)22-16(18,19)20/h4-9H,1-3H3. The van der Waals surface area contributed by atoms with E-state index in [4.69, 9.17) is 11.6 Å². The predicted octanol–water partition coefficient (Wildman–Crippen LogP) is 6.31. The molecule has 0 aliphatic rings. The molecule has 118 valence electrons. The molecule has 22 heavy (non-hydrogen) atoms. The van der Waals surface area contributed by atoms with E-state index >= 15 is 0 Å². The smallest absolute Gasteiger partial charge is 0.252 e. The lowest BCUT2D eigenvalue weighted by Crippen LogP contribution is -2.13. The highest BCUT2D eigenvalue weighted by Gasteiger charge is 2.29. The summed E-state index contributed by atoms with van der Waals surface area (Å²) in [7, 11) is 0. The van der Waals surface area contributed by atoms with Crippen LogP contribution in [-0.2, 0) is 5.41 Å². The fourth-order valence-corrected chi connectivity index (χ4v) is 2.69. The van der Waals surface area contributed by atoms with Crippen LogP contribution >= 0.6 is 23.4 Å². The van der Waals surface area contributed by atoms with Crippen molar-refractivity contribution in [2.75, 3.05) is 0 Å². The Morgan fingerprint density at radius 3 is 2.32 bits per heavy atom. The average molecular weight is 346 g/mol. The maximum absolute atomic E-state index is 12.5. The molecule has 2 aromatic rings. The lowest BCUT2D eigenvalue weighted by molar-refractivity contribution is -0.0328. The molecule has 0 spiro atoms. The van der Waals surface area contributed by atoms with Crippen molar-refractivity contribution in [3.63, 3.8) is 0 Å². The van der Waals surface area contributed by atoms with Crippen molar-refractivity contribution in [2.24, 2.45) is 0 Å². The maximum atomic E-state index is 12.5. The molecular weight excluding hydrogens is 331 g/mol. The molecule has 1 aromatic heterocycles. The molecule has 6 heteroatoms. The van der Waals surface area contributed by atoms with Crippen molar-refractivity contribution < 1.29 is 13.2 Å². The minimum atomic E-state index is -4.33. The number of alkyl halides is 3. The van der Waals surface area contributed by atoms with Crippen molar-refractivity contribution in [1.82, 2.24) is 4.98 Å². The van der Waals surface area contributed by atoms with E-state index in [-0.39, 0.29) is 22.1 Å². The number of pyridine rings is 1. The minimum absolute atomic E-state index is 0.0925. The Balaban J connectivity index is 2.46. The van der Waals surface area contributed by atoms with Crippen LogP contribution in [0.25, 0.3) is 11.3 Å². The summed E-state index contributed by atoms with van der Waals surface area (Å²) in [6.07, 6.45) is 0. The number of rotatable bonds is 2. The third kappa shape index (κ3) is 4.40. The number of nitrogens with zero attached hydrogens (tertiary/aromatic N) is 1. The van der Waals surface area contributed by atoms with Gasteiger partial charge in [-0.15, -0.1) is 0 Å². The quantitative estimate of drug-likeness (QED) is 0.591. The Hall–Kier alpha value is -1.20. The number of halogens is 4. The monoisotopic (exact) mass is 345 g/mol. The molecule has 1 aromatic carbocycles. The van der Waals surface area contributed by atoms with E-state index in [1.165, 1.54) is 18.2 Å². The highest BCUT2D eigenvalue weighted by molar-refractivity contribution is 8.00. The van der Waals surface area contributed by atoms with Gasteiger partial charge in [0.2, 0.25) is 0 Å². The summed E-state index contributed by atoms with van der Waals surface area (Å²) in [6.45, 7) is 6.07. The zero-order valence-corrected chi connectivity index (χ0v) is 13.9. The van der Waals surface area contributed by atoms with E-state index in [1.807, 2.05) is 32.9 Å². The Morgan fingerprint density at radius 2 is 1.73 bits per heavy atom. The van der Waals surface area contributed by atoms with Gasteiger partial charge in [0.25, 0.3) is 0 Å². The molecule has 0 unspecified atom stereocenters. The van der Waals surface area contributed by atoms with Crippen LogP contribution in [0.4, 0.5) is 13.2 Å². The number of aromatic nitrogens is 1. The largest absolute Gasteiger partial charge is 0.446 e. The molecule has 1 heterocycles. The van der Waals surface area contributed by atoms with Gasteiger partial charge in [-0.1, -0.05) is 38.4 Å². The zero-order chi connectivity index (χ0) is 16.5. The first-order valence-corrected chi connectivity index (χ1v) is 7.79. The third-order valence-electron chi connectivity index (χ3n) is 2.96. The average Bonchev–Trinajstić information content (AvgIpc) is 2.38. The molecule has 0 saturated carbocycles. The van der Waals surface area contributed by atoms with Gasteiger partial charge in [0.1, 0.15) is 0 Å². The van der Waals surface area contributed by atoms with Gasteiger partial charge >= 0.3 is 5.51 Å². The predicted molar refractivity (Wildman–Crippen MR) is 85.3 cm³/mol.